The predicted molar refractivity (Wildman–Crippen MR) is 81.5 cm³/mol. The maximum atomic E-state index is 12.0. The number of allylic oxidation sites excluding steroid dienone is 1. The lowest BCUT2D eigenvalue weighted by atomic mass is 10.1. The van der Waals surface area contributed by atoms with Crippen LogP contribution in [0, 0.1) is 0 Å². The molecule has 3 heteroatoms. The highest BCUT2D eigenvalue weighted by Gasteiger charge is 2.09. The normalized spacial score (nSPS) is 13.4. The summed E-state index contributed by atoms with van der Waals surface area (Å²) in [6.07, 6.45) is 5.26. The van der Waals surface area contributed by atoms with E-state index < -0.39 is 0 Å². The Labute approximate surface area is 122 Å². The number of hydrogen-bond donors (Lipinski definition) is 1. The lowest BCUT2D eigenvalue weighted by Gasteiger charge is -2.15. The van der Waals surface area contributed by atoms with Gasteiger partial charge in [0.05, 0.1) is 0 Å². The molecule has 3 nitrogen and oxygen atoms in total. The third-order valence-electron chi connectivity index (χ3n) is 3.23. The molecule has 0 amide bonds. The fourth-order valence-corrected chi connectivity index (χ4v) is 2.17. The molecule has 104 valence electrons. The van der Waals surface area contributed by atoms with Crippen molar-refractivity contribution in [3.8, 4) is 11.5 Å². The Morgan fingerprint density at radius 3 is 2.86 bits per heavy atom. The Hall–Kier alpha value is -2.81. The zero-order chi connectivity index (χ0) is 14.7. The molecule has 0 saturated heterocycles. The van der Waals surface area contributed by atoms with E-state index in [4.69, 9.17) is 4.74 Å². The molecule has 0 saturated carbocycles. The van der Waals surface area contributed by atoms with Crippen LogP contribution in [-0.2, 0) is 0 Å². The summed E-state index contributed by atoms with van der Waals surface area (Å²) in [6.45, 7) is 0.445. The summed E-state index contributed by atoms with van der Waals surface area (Å²) in [5, 5.41) is 9.38. The minimum absolute atomic E-state index is 0.0865. The van der Waals surface area contributed by atoms with Crippen LogP contribution in [-0.4, -0.2) is 17.5 Å². The summed E-state index contributed by atoms with van der Waals surface area (Å²) in [5.41, 5.74) is 2.40. The van der Waals surface area contributed by atoms with Crippen molar-refractivity contribution in [2.24, 2.45) is 0 Å². The van der Waals surface area contributed by atoms with Gasteiger partial charge in [-0.05, 0) is 35.9 Å². The number of para-hydroxylation sites is 1. The summed E-state index contributed by atoms with van der Waals surface area (Å²) < 4.78 is 5.62. The first-order valence-corrected chi connectivity index (χ1v) is 6.66. The quantitative estimate of drug-likeness (QED) is 0.689. The lowest BCUT2D eigenvalue weighted by molar-refractivity contribution is 0.104. The van der Waals surface area contributed by atoms with Crippen LogP contribution in [0.15, 0.2) is 66.3 Å². The largest absolute Gasteiger partial charge is 0.508 e. The number of ether oxygens (including phenoxy) is 1. The van der Waals surface area contributed by atoms with Crippen molar-refractivity contribution in [2.75, 3.05) is 6.61 Å². The Morgan fingerprint density at radius 2 is 2.00 bits per heavy atom. The van der Waals surface area contributed by atoms with Gasteiger partial charge in [0, 0.05) is 11.1 Å². The van der Waals surface area contributed by atoms with Gasteiger partial charge in [-0.3, -0.25) is 4.79 Å². The summed E-state index contributed by atoms with van der Waals surface area (Å²) in [6, 6.07) is 14.1. The second-order valence-corrected chi connectivity index (χ2v) is 4.79. The SMILES string of the molecule is O=C(C=CC1=Cc2ccccc2OC1)c1cccc(O)c1. The highest BCUT2D eigenvalue weighted by atomic mass is 16.5. The molecule has 2 aromatic rings. The van der Waals surface area contributed by atoms with Gasteiger partial charge in [-0.2, -0.15) is 0 Å². The van der Waals surface area contributed by atoms with Crippen molar-refractivity contribution in [3.63, 3.8) is 0 Å². The fraction of sp³-hybridized carbons (Fsp3) is 0.0556. The van der Waals surface area contributed by atoms with Gasteiger partial charge in [-0.15, -0.1) is 0 Å². The molecule has 1 aliphatic heterocycles. The van der Waals surface area contributed by atoms with Crippen LogP contribution in [0.25, 0.3) is 6.08 Å². The summed E-state index contributed by atoms with van der Waals surface area (Å²) in [4.78, 5) is 12.0. The second kappa shape index (κ2) is 5.67. The average Bonchev–Trinajstić information content (AvgIpc) is 2.52. The van der Waals surface area contributed by atoms with E-state index in [-0.39, 0.29) is 11.5 Å². The molecule has 1 aliphatic rings. The minimum Gasteiger partial charge on any atom is -0.508 e. The van der Waals surface area contributed by atoms with E-state index in [1.165, 1.54) is 18.2 Å². The van der Waals surface area contributed by atoms with E-state index in [1.54, 1.807) is 18.2 Å². The number of aromatic hydroxyl groups is 1. The van der Waals surface area contributed by atoms with Crippen LogP contribution in [0.1, 0.15) is 15.9 Å². The topological polar surface area (TPSA) is 46.5 Å². The molecule has 3 rings (SSSR count). The Balaban J connectivity index is 1.78. The number of benzene rings is 2. The summed E-state index contributed by atoms with van der Waals surface area (Å²) in [5.74, 6) is 0.794. The predicted octanol–water partition coefficient (Wildman–Crippen LogP) is 3.61. The molecule has 0 atom stereocenters. The maximum absolute atomic E-state index is 12.0. The molecule has 2 aromatic carbocycles. The third-order valence-corrected chi connectivity index (χ3v) is 3.23. The van der Waals surface area contributed by atoms with Crippen LogP contribution in [0.2, 0.25) is 0 Å². The standard InChI is InChI=1S/C18H14O3/c19-16-6-3-5-14(11-16)17(20)9-8-13-10-15-4-1-2-7-18(15)21-12-13/h1-11,19H,12H2. The van der Waals surface area contributed by atoms with E-state index in [0.717, 1.165) is 16.9 Å². The molecule has 0 aliphatic carbocycles. The molecule has 21 heavy (non-hydrogen) atoms. The summed E-state index contributed by atoms with van der Waals surface area (Å²) in [7, 11) is 0. The first-order valence-electron chi connectivity index (χ1n) is 6.66. The van der Waals surface area contributed by atoms with Gasteiger partial charge < -0.3 is 9.84 Å². The van der Waals surface area contributed by atoms with Gasteiger partial charge in [0.25, 0.3) is 0 Å². The number of rotatable bonds is 3. The van der Waals surface area contributed by atoms with Crippen molar-refractivity contribution >= 4 is 11.9 Å². The zero-order valence-electron chi connectivity index (χ0n) is 11.3. The van der Waals surface area contributed by atoms with Crippen molar-refractivity contribution in [2.45, 2.75) is 0 Å². The van der Waals surface area contributed by atoms with Gasteiger partial charge in [0.2, 0.25) is 0 Å². The van der Waals surface area contributed by atoms with E-state index in [1.807, 2.05) is 30.3 Å². The third kappa shape index (κ3) is 3.03. The Bertz CT molecular complexity index is 742. The van der Waals surface area contributed by atoms with Crippen LogP contribution in [0.4, 0.5) is 0 Å². The van der Waals surface area contributed by atoms with Crippen LogP contribution < -0.4 is 4.74 Å². The second-order valence-electron chi connectivity index (χ2n) is 4.79. The molecular weight excluding hydrogens is 264 g/mol. The van der Waals surface area contributed by atoms with Crippen LogP contribution >= 0.6 is 0 Å². The number of carbonyl (C=O) groups excluding carboxylic acids is 1. The average molecular weight is 278 g/mol. The number of hydrogen-bond acceptors (Lipinski definition) is 3. The molecule has 0 unspecified atom stereocenters. The minimum atomic E-state index is -0.148. The molecule has 1 heterocycles. The van der Waals surface area contributed by atoms with E-state index >= 15 is 0 Å². The van der Waals surface area contributed by atoms with Gasteiger partial charge >= 0.3 is 0 Å². The van der Waals surface area contributed by atoms with E-state index in [2.05, 4.69) is 0 Å². The molecule has 0 aromatic heterocycles. The van der Waals surface area contributed by atoms with Crippen molar-refractivity contribution in [3.05, 3.63) is 77.4 Å². The Morgan fingerprint density at radius 1 is 1.14 bits per heavy atom. The molecule has 1 N–H and O–H groups in total. The van der Waals surface area contributed by atoms with Crippen molar-refractivity contribution in [1.82, 2.24) is 0 Å². The van der Waals surface area contributed by atoms with Crippen LogP contribution in [0.5, 0.6) is 11.5 Å². The molecule has 0 fully saturated rings. The summed E-state index contributed by atoms with van der Waals surface area (Å²) >= 11 is 0. The highest BCUT2D eigenvalue weighted by Crippen LogP contribution is 2.26. The lowest BCUT2D eigenvalue weighted by Crippen LogP contribution is -2.06. The maximum Gasteiger partial charge on any atom is 0.185 e. The highest BCUT2D eigenvalue weighted by molar-refractivity contribution is 6.05. The number of phenolic OH excluding ortho intramolecular Hbond substituents is 1. The number of phenols is 1. The van der Waals surface area contributed by atoms with Crippen LogP contribution in [0.3, 0.4) is 0 Å². The fourth-order valence-electron chi connectivity index (χ4n) is 2.17. The number of carbonyl (C=O) groups is 1. The van der Waals surface area contributed by atoms with E-state index in [0.29, 0.717) is 12.2 Å². The Kier molecular flexibility index (Phi) is 3.56. The first-order chi connectivity index (χ1) is 10.2. The van der Waals surface area contributed by atoms with Gasteiger partial charge in [0.15, 0.2) is 5.78 Å². The van der Waals surface area contributed by atoms with E-state index in [9.17, 15) is 9.90 Å². The zero-order valence-corrected chi connectivity index (χ0v) is 11.3. The molecule has 0 bridgehead atoms. The smallest absolute Gasteiger partial charge is 0.185 e. The van der Waals surface area contributed by atoms with Crippen molar-refractivity contribution < 1.29 is 14.6 Å². The first kappa shape index (κ1) is 13.2. The number of fused-ring (bicyclic) bond motifs is 1. The van der Waals surface area contributed by atoms with Gasteiger partial charge in [0.1, 0.15) is 18.1 Å². The monoisotopic (exact) mass is 278 g/mol. The molecule has 0 spiro atoms. The molecule has 0 radical (unpaired) electrons. The van der Waals surface area contributed by atoms with Gasteiger partial charge in [-0.25, -0.2) is 0 Å². The molecular formula is C18H14O3. The van der Waals surface area contributed by atoms with Gasteiger partial charge in [-0.1, -0.05) is 36.4 Å². The number of ketones is 1. The van der Waals surface area contributed by atoms with Crippen molar-refractivity contribution in [1.29, 1.82) is 0 Å².